The number of phenolic OH excluding ortho intramolecular Hbond substituents is 1. The van der Waals surface area contributed by atoms with Crippen LogP contribution in [0.2, 0.25) is 0 Å². The van der Waals surface area contributed by atoms with E-state index in [1.165, 1.54) is 12.1 Å². The number of amides is 1. The summed E-state index contributed by atoms with van der Waals surface area (Å²) >= 11 is 0. The van der Waals surface area contributed by atoms with E-state index in [1.807, 2.05) is 22.8 Å². The number of methoxy groups -OCH3 is 1. The molecule has 3 heterocycles. The molecule has 5 rings (SSSR count). The zero-order chi connectivity index (χ0) is 26.3. The van der Waals surface area contributed by atoms with Crippen LogP contribution in [-0.2, 0) is 6.54 Å². The number of ketones is 1. The van der Waals surface area contributed by atoms with Crippen LogP contribution >= 0.6 is 0 Å². The lowest BCUT2D eigenvalue weighted by Gasteiger charge is -2.32. The second-order valence-electron chi connectivity index (χ2n) is 9.76. The number of benzene rings is 2. The first-order valence-corrected chi connectivity index (χ1v) is 12.4. The van der Waals surface area contributed by atoms with Gasteiger partial charge in [0.15, 0.2) is 5.76 Å². The molecule has 37 heavy (non-hydrogen) atoms. The summed E-state index contributed by atoms with van der Waals surface area (Å²) in [6.45, 7) is 5.40. The highest BCUT2D eigenvalue weighted by molar-refractivity contribution is 6.16. The first-order chi connectivity index (χ1) is 17.8. The van der Waals surface area contributed by atoms with E-state index in [9.17, 15) is 14.7 Å². The minimum Gasteiger partial charge on any atom is -0.508 e. The van der Waals surface area contributed by atoms with Crippen molar-refractivity contribution in [1.29, 1.82) is 0 Å². The fourth-order valence-corrected chi connectivity index (χ4v) is 4.93. The summed E-state index contributed by atoms with van der Waals surface area (Å²) in [6.07, 6.45) is 1.64. The Hall–Kier alpha value is -3.82. The van der Waals surface area contributed by atoms with E-state index in [0.29, 0.717) is 34.9 Å². The average molecular weight is 505 g/mol. The van der Waals surface area contributed by atoms with Crippen molar-refractivity contribution < 1.29 is 24.2 Å². The molecule has 0 radical (unpaired) electrons. The summed E-state index contributed by atoms with van der Waals surface area (Å²) in [6, 6.07) is 10.1. The maximum absolute atomic E-state index is 13.6. The Morgan fingerprint density at radius 3 is 2.57 bits per heavy atom. The maximum Gasteiger partial charge on any atom is 0.270 e. The highest BCUT2D eigenvalue weighted by Gasteiger charge is 2.30. The van der Waals surface area contributed by atoms with Gasteiger partial charge in [0.2, 0.25) is 5.78 Å². The van der Waals surface area contributed by atoms with Crippen molar-refractivity contribution in [1.82, 2.24) is 19.3 Å². The van der Waals surface area contributed by atoms with Gasteiger partial charge >= 0.3 is 0 Å². The minimum absolute atomic E-state index is 0.0153. The van der Waals surface area contributed by atoms with Gasteiger partial charge in [-0.3, -0.25) is 14.5 Å². The third-order valence-corrected chi connectivity index (χ3v) is 7.08. The quantitative estimate of drug-likeness (QED) is 0.517. The van der Waals surface area contributed by atoms with Crippen LogP contribution in [0.15, 0.2) is 42.2 Å². The topological polar surface area (TPSA) is 87.5 Å². The van der Waals surface area contributed by atoms with Crippen LogP contribution in [-0.4, -0.2) is 97.0 Å². The number of carbonyl (C=O) groups is 2. The number of piperazine rings is 1. The van der Waals surface area contributed by atoms with Crippen molar-refractivity contribution in [3.05, 3.63) is 59.0 Å². The Labute approximate surface area is 216 Å². The zero-order valence-electron chi connectivity index (χ0n) is 21.7. The number of hydrogen-bond donors (Lipinski definition) is 1. The molecule has 0 spiro atoms. The zero-order valence-corrected chi connectivity index (χ0v) is 21.7. The van der Waals surface area contributed by atoms with Crippen molar-refractivity contribution in [2.45, 2.75) is 6.54 Å². The normalized spacial score (nSPS) is 17.3. The Balaban J connectivity index is 1.63. The lowest BCUT2D eigenvalue weighted by Crippen LogP contribution is -2.45. The van der Waals surface area contributed by atoms with E-state index < -0.39 is 0 Å². The van der Waals surface area contributed by atoms with E-state index in [-0.39, 0.29) is 23.2 Å². The van der Waals surface area contributed by atoms with Crippen LogP contribution in [0, 0.1) is 0 Å². The molecule has 2 aromatic carbocycles. The molecule has 1 aromatic heterocycles. The largest absolute Gasteiger partial charge is 0.508 e. The molecule has 2 aliphatic heterocycles. The number of ether oxygens (including phenoxy) is 2. The number of aromatic hydroxyl groups is 1. The molecule has 3 aromatic rings. The Morgan fingerprint density at radius 2 is 1.86 bits per heavy atom. The molecule has 1 amide bonds. The van der Waals surface area contributed by atoms with E-state index in [4.69, 9.17) is 9.47 Å². The second-order valence-corrected chi connectivity index (χ2v) is 9.76. The standard InChI is InChI=1S/C28H32N4O5/c1-29(2)28(35)26-22(17-25-27(34)20-7-5-18(33)15-24(20)37-25)21-16-19(36-4)6-8-23(21)32(26)14-13-31-11-9-30(3)10-12-31/h5-8,15-17,33H,9-14H2,1-4H3. The van der Waals surface area contributed by atoms with Crippen LogP contribution < -0.4 is 9.47 Å². The minimum atomic E-state index is -0.292. The number of allylic oxidation sites excluding steroid dienone is 1. The molecule has 0 bridgehead atoms. The molecular weight excluding hydrogens is 472 g/mol. The molecule has 2 aliphatic rings. The fraction of sp³-hybridized carbons (Fsp3) is 0.357. The monoisotopic (exact) mass is 504 g/mol. The van der Waals surface area contributed by atoms with Gasteiger partial charge in [0, 0.05) is 75.9 Å². The number of aromatic nitrogens is 1. The molecule has 9 nitrogen and oxygen atoms in total. The lowest BCUT2D eigenvalue weighted by molar-refractivity contribution is 0.0815. The highest BCUT2D eigenvalue weighted by atomic mass is 16.5. The summed E-state index contributed by atoms with van der Waals surface area (Å²) in [5.41, 5.74) is 2.35. The Bertz CT molecular complexity index is 1400. The number of fused-ring (bicyclic) bond motifs is 2. The summed E-state index contributed by atoms with van der Waals surface area (Å²) in [5.74, 6) is 0.614. The van der Waals surface area contributed by atoms with Crippen LogP contribution in [0.25, 0.3) is 17.0 Å². The van der Waals surface area contributed by atoms with Gasteiger partial charge < -0.3 is 28.9 Å². The summed E-state index contributed by atoms with van der Waals surface area (Å²) in [4.78, 5) is 33.0. The van der Waals surface area contributed by atoms with Crippen molar-refractivity contribution in [3.8, 4) is 17.2 Å². The van der Waals surface area contributed by atoms with Gasteiger partial charge in [-0.2, -0.15) is 0 Å². The van der Waals surface area contributed by atoms with Crippen molar-refractivity contribution in [3.63, 3.8) is 0 Å². The fourth-order valence-electron chi connectivity index (χ4n) is 4.93. The molecule has 9 heteroatoms. The lowest BCUT2D eigenvalue weighted by atomic mass is 10.1. The van der Waals surface area contributed by atoms with Crippen molar-refractivity contribution in [2.75, 3.05) is 61.0 Å². The van der Waals surface area contributed by atoms with Gasteiger partial charge in [-0.05, 0) is 43.5 Å². The van der Waals surface area contributed by atoms with E-state index in [0.717, 1.165) is 43.6 Å². The molecular formula is C28H32N4O5. The average Bonchev–Trinajstić information content (AvgIpc) is 3.36. The predicted octanol–water partition coefficient (Wildman–Crippen LogP) is 2.92. The molecule has 0 saturated carbocycles. The predicted molar refractivity (Wildman–Crippen MR) is 141 cm³/mol. The molecule has 194 valence electrons. The van der Waals surface area contributed by atoms with E-state index >= 15 is 0 Å². The number of likely N-dealkylation sites (N-methyl/N-ethyl adjacent to an activating group) is 1. The summed E-state index contributed by atoms with van der Waals surface area (Å²) in [5, 5.41) is 10.6. The van der Waals surface area contributed by atoms with Crippen LogP contribution in [0.3, 0.4) is 0 Å². The summed E-state index contributed by atoms with van der Waals surface area (Å²) in [7, 11) is 7.17. The van der Waals surface area contributed by atoms with Gasteiger partial charge in [-0.15, -0.1) is 0 Å². The highest BCUT2D eigenvalue weighted by Crippen LogP contribution is 2.37. The maximum atomic E-state index is 13.6. The first kappa shape index (κ1) is 24.9. The van der Waals surface area contributed by atoms with Crippen LogP contribution in [0.1, 0.15) is 26.4 Å². The van der Waals surface area contributed by atoms with Crippen molar-refractivity contribution >= 4 is 28.7 Å². The van der Waals surface area contributed by atoms with Gasteiger partial charge in [-0.1, -0.05) is 0 Å². The molecule has 1 N–H and O–H groups in total. The first-order valence-electron chi connectivity index (χ1n) is 12.4. The number of nitrogens with zero attached hydrogens (tertiary/aromatic N) is 4. The third kappa shape index (κ3) is 4.68. The van der Waals surface area contributed by atoms with E-state index in [2.05, 4.69) is 16.8 Å². The molecule has 0 atom stereocenters. The van der Waals surface area contributed by atoms with E-state index in [1.54, 1.807) is 38.2 Å². The molecule has 0 unspecified atom stereocenters. The number of phenols is 1. The van der Waals surface area contributed by atoms with Crippen molar-refractivity contribution in [2.24, 2.45) is 0 Å². The number of rotatable bonds is 6. The third-order valence-electron chi connectivity index (χ3n) is 7.08. The van der Waals surface area contributed by atoms with Gasteiger partial charge in [0.25, 0.3) is 5.91 Å². The van der Waals surface area contributed by atoms with Gasteiger partial charge in [0.1, 0.15) is 22.9 Å². The summed E-state index contributed by atoms with van der Waals surface area (Å²) < 4.78 is 13.4. The van der Waals surface area contributed by atoms with Gasteiger partial charge in [-0.25, -0.2) is 0 Å². The molecule has 1 fully saturated rings. The molecule has 0 aliphatic carbocycles. The Kier molecular flexibility index (Phi) is 6.66. The smallest absolute Gasteiger partial charge is 0.270 e. The number of hydrogen-bond acceptors (Lipinski definition) is 7. The van der Waals surface area contributed by atoms with Crippen LogP contribution in [0.5, 0.6) is 17.2 Å². The SMILES string of the molecule is COc1ccc2c(c1)c(C=C1Oc3cc(O)ccc3C1=O)c(C(=O)N(C)C)n2CCN1CCN(C)CC1. The van der Waals surface area contributed by atoms with Gasteiger partial charge in [0.05, 0.1) is 12.7 Å². The number of carbonyl (C=O) groups excluding carboxylic acids is 2. The Morgan fingerprint density at radius 1 is 1.11 bits per heavy atom. The van der Waals surface area contributed by atoms with Crippen LogP contribution in [0.4, 0.5) is 0 Å². The number of Topliss-reactive ketones (excluding diaryl/α,β-unsaturated/α-hetero) is 1. The molecule has 1 saturated heterocycles. The second kappa shape index (κ2) is 9.91.